The number of imide groups is 1. The van der Waals surface area contributed by atoms with Crippen LogP contribution < -0.4 is 10.6 Å². The number of amides is 4. The SMILES string of the molecule is CNC(=O)CNC(=O)COC(=O)[C@H](C)N1C(=O)[C@H]2CC=CC[C@H]2C1=O. The molecule has 1 aliphatic heterocycles. The molecule has 1 saturated heterocycles. The Morgan fingerprint density at radius 2 is 1.72 bits per heavy atom. The third-order valence-electron chi connectivity index (χ3n) is 4.34. The average molecular weight is 351 g/mol. The minimum atomic E-state index is -1.10. The number of rotatable bonds is 6. The number of allylic oxidation sites excluding steroid dienone is 2. The summed E-state index contributed by atoms with van der Waals surface area (Å²) in [6.07, 6.45) is 4.68. The topological polar surface area (TPSA) is 122 Å². The Kier molecular flexibility index (Phi) is 5.89. The average Bonchev–Trinajstić information content (AvgIpc) is 2.88. The van der Waals surface area contributed by atoms with Crippen LogP contribution in [0.25, 0.3) is 0 Å². The molecule has 2 rings (SSSR count). The first-order chi connectivity index (χ1) is 11.9. The summed E-state index contributed by atoms with van der Waals surface area (Å²) in [5.74, 6) is -3.50. The van der Waals surface area contributed by atoms with Crippen molar-refractivity contribution in [3.8, 4) is 0 Å². The summed E-state index contributed by atoms with van der Waals surface area (Å²) in [5.41, 5.74) is 0. The second-order valence-corrected chi connectivity index (χ2v) is 5.94. The van der Waals surface area contributed by atoms with E-state index in [0.29, 0.717) is 12.8 Å². The van der Waals surface area contributed by atoms with Crippen molar-refractivity contribution in [2.45, 2.75) is 25.8 Å². The molecule has 4 amide bonds. The van der Waals surface area contributed by atoms with E-state index in [1.54, 1.807) is 0 Å². The van der Waals surface area contributed by atoms with Crippen molar-refractivity contribution < 1.29 is 28.7 Å². The standard InChI is InChI=1S/C16H21N3O6/c1-9(16(24)25-8-13(21)18-7-12(20)17-2)19-14(22)10-5-3-4-6-11(10)15(19)23/h3-4,9-11H,5-8H2,1-2H3,(H,17,20)(H,18,21)/t9-,10-,11+/m0/s1. The van der Waals surface area contributed by atoms with Gasteiger partial charge in [0.05, 0.1) is 18.4 Å². The molecular formula is C16H21N3O6. The van der Waals surface area contributed by atoms with Gasteiger partial charge in [0.1, 0.15) is 6.04 Å². The van der Waals surface area contributed by atoms with Crippen molar-refractivity contribution in [2.75, 3.05) is 20.2 Å². The monoisotopic (exact) mass is 351 g/mol. The number of ether oxygens (including phenoxy) is 1. The first-order valence-electron chi connectivity index (χ1n) is 8.02. The van der Waals surface area contributed by atoms with Gasteiger partial charge in [0.25, 0.3) is 5.91 Å². The predicted octanol–water partition coefficient (Wildman–Crippen LogP) is -1.27. The summed E-state index contributed by atoms with van der Waals surface area (Å²) < 4.78 is 4.85. The van der Waals surface area contributed by atoms with Gasteiger partial charge in [0.2, 0.25) is 17.7 Å². The van der Waals surface area contributed by atoms with Gasteiger partial charge in [-0.15, -0.1) is 0 Å². The Labute approximate surface area is 144 Å². The van der Waals surface area contributed by atoms with Crippen LogP contribution in [0.15, 0.2) is 12.2 Å². The summed E-state index contributed by atoms with van der Waals surface area (Å²) in [5, 5.41) is 4.60. The highest BCUT2D eigenvalue weighted by Crippen LogP contribution is 2.36. The Morgan fingerprint density at radius 1 is 1.16 bits per heavy atom. The van der Waals surface area contributed by atoms with Crippen LogP contribution in [-0.2, 0) is 28.7 Å². The normalized spacial score (nSPS) is 23.0. The lowest BCUT2D eigenvalue weighted by molar-refractivity contribution is -0.159. The van der Waals surface area contributed by atoms with Gasteiger partial charge in [-0.1, -0.05) is 12.2 Å². The molecule has 0 radical (unpaired) electrons. The van der Waals surface area contributed by atoms with E-state index in [4.69, 9.17) is 4.74 Å². The number of esters is 1. The van der Waals surface area contributed by atoms with E-state index in [1.807, 2.05) is 12.2 Å². The third-order valence-corrected chi connectivity index (χ3v) is 4.34. The Morgan fingerprint density at radius 3 is 2.24 bits per heavy atom. The number of nitrogens with zero attached hydrogens (tertiary/aromatic N) is 1. The number of fused-ring (bicyclic) bond motifs is 1. The Bertz CT molecular complexity index is 603. The molecule has 136 valence electrons. The van der Waals surface area contributed by atoms with Gasteiger partial charge in [-0.05, 0) is 19.8 Å². The van der Waals surface area contributed by atoms with Crippen LogP contribution in [-0.4, -0.2) is 60.7 Å². The molecule has 9 nitrogen and oxygen atoms in total. The number of carbonyl (C=O) groups is 5. The highest BCUT2D eigenvalue weighted by molar-refractivity contribution is 6.08. The molecule has 0 spiro atoms. The zero-order chi connectivity index (χ0) is 18.6. The highest BCUT2D eigenvalue weighted by Gasteiger charge is 2.50. The largest absolute Gasteiger partial charge is 0.454 e. The Balaban J connectivity index is 1.87. The van der Waals surface area contributed by atoms with Crippen LogP contribution in [0, 0.1) is 11.8 Å². The highest BCUT2D eigenvalue weighted by atomic mass is 16.5. The van der Waals surface area contributed by atoms with Crippen LogP contribution in [0.5, 0.6) is 0 Å². The minimum Gasteiger partial charge on any atom is -0.454 e. The molecular weight excluding hydrogens is 330 g/mol. The molecule has 3 atom stereocenters. The second kappa shape index (κ2) is 7.91. The zero-order valence-corrected chi connectivity index (χ0v) is 14.1. The maximum absolute atomic E-state index is 12.4. The van der Waals surface area contributed by atoms with Crippen LogP contribution in [0.3, 0.4) is 0 Å². The lowest BCUT2D eigenvalue weighted by atomic mass is 9.85. The van der Waals surface area contributed by atoms with Crippen molar-refractivity contribution >= 4 is 29.6 Å². The van der Waals surface area contributed by atoms with E-state index >= 15 is 0 Å². The minimum absolute atomic E-state index is 0.234. The summed E-state index contributed by atoms with van der Waals surface area (Å²) in [6, 6.07) is -1.10. The molecule has 0 aromatic rings. The number of hydrogen-bond acceptors (Lipinski definition) is 6. The van der Waals surface area contributed by atoms with E-state index < -0.39 is 42.3 Å². The molecule has 9 heteroatoms. The summed E-state index contributed by atoms with van der Waals surface area (Å²) in [6.45, 7) is 0.567. The maximum Gasteiger partial charge on any atom is 0.329 e. The first-order valence-corrected chi connectivity index (χ1v) is 8.02. The first kappa shape index (κ1) is 18.6. The lowest BCUT2D eigenvalue weighted by Crippen LogP contribution is -2.45. The van der Waals surface area contributed by atoms with Crippen molar-refractivity contribution in [2.24, 2.45) is 11.8 Å². The fourth-order valence-electron chi connectivity index (χ4n) is 2.89. The number of carbonyl (C=O) groups excluding carboxylic acids is 5. The maximum atomic E-state index is 12.4. The van der Waals surface area contributed by atoms with E-state index in [1.165, 1.54) is 14.0 Å². The van der Waals surface area contributed by atoms with Gasteiger partial charge in [-0.25, -0.2) is 4.79 Å². The summed E-state index contributed by atoms with van der Waals surface area (Å²) in [4.78, 5) is 60.3. The number of nitrogens with one attached hydrogen (secondary N) is 2. The molecule has 1 heterocycles. The fourth-order valence-corrected chi connectivity index (χ4v) is 2.89. The zero-order valence-electron chi connectivity index (χ0n) is 14.1. The van der Waals surface area contributed by atoms with Gasteiger partial charge in [0.15, 0.2) is 6.61 Å². The van der Waals surface area contributed by atoms with Gasteiger partial charge in [-0.2, -0.15) is 0 Å². The molecule has 25 heavy (non-hydrogen) atoms. The van der Waals surface area contributed by atoms with Gasteiger partial charge >= 0.3 is 5.97 Å². The Hall–Kier alpha value is -2.71. The van der Waals surface area contributed by atoms with E-state index in [9.17, 15) is 24.0 Å². The van der Waals surface area contributed by atoms with Crippen molar-refractivity contribution in [3.63, 3.8) is 0 Å². The number of likely N-dealkylation sites (tertiary alicyclic amines) is 1. The van der Waals surface area contributed by atoms with Gasteiger partial charge in [-0.3, -0.25) is 24.1 Å². The van der Waals surface area contributed by atoms with Gasteiger partial charge < -0.3 is 15.4 Å². The fraction of sp³-hybridized carbons (Fsp3) is 0.562. The summed E-state index contributed by atoms with van der Waals surface area (Å²) >= 11 is 0. The smallest absolute Gasteiger partial charge is 0.329 e. The van der Waals surface area contributed by atoms with Crippen molar-refractivity contribution in [3.05, 3.63) is 12.2 Å². The third kappa shape index (κ3) is 4.04. The van der Waals surface area contributed by atoms with Crippen LogP contribution in [0.4, 0.5) is 0 Å². The molecule has 2 N–H and O–H groups in total. The van der Waals surface area contributed by atoms with Gasteiger partial charge in [0, 0.05) is 7.05 Å². The summed E-state index contributed by atoms with van der Waals surface area (Å²) in [7, 11) is 1.42. The van der Waals surface area contributed by atoms with E-state index in [2.05, 4.69) is 10.6 Å². The quantitative estimate of drug-likeness (QED) is 0.350. The molecule has 0 bridgehead atoms. The second-order valence-electron chi connectivity index (χ2n) is 5.94. The number of likely N-dealkylation sites (N-methyl/N-ethyl adjacent to an activating group) is 1. The molecule has 0 aromatic carbocycles. The van der Waals surface area contributed by atoms with E-state index in [0.717, 1.165) is 4.90 Å². The molecule has 1 aliphatic carbocycles. The lowest BCUT2D eigenvalue weighted by Gasteiger charge is -2.21. The molecule has 2 aliphatic rings. The molecule has 0 saturated carbocycles. The van der Waals surface area contributed by atoms with Crippen LogP contribution >= 0.6 is 0 Å². The van der Waals surface area contributed by atoms with Crippen LogP contribution in [0.2, 0.25) is 0 Å². The van der Waals surface area contributed by atoms with Crippen LogP contribution in [0.1, 0.15) is 19.8 Å². The van der Waals surface area contributed by atoms with Crippen molar-refractivity contribution in [1.82, 2.24) is 15.5 Å². The molecule has 0 unspecified atom stereocenters. The molecule has 1 fully saturated rings. The number of hydrogen-bond donors (Lipinski definition) is 2. The predicted molar refractivity (Wildman–Crippen MR) is 84.7 cm³/mol. The van der Waals surface area contributed by atoms with Crippen molar-refractivity contribution in [1.29, 1.82) is 0 Å². The molecule has 0 aromatic heterocycles. The van der Waals surface area contributed by atoms with E-state index in [-0.39, 0.29) is 18.4 Å².